The summed E-state index contributed by atoms with van der Waals surface area (Å²) in [5.41, 5.74) is 4.22. The molecule has 0 heterocycles. The Hall–Kier alpha value is -1.80. The first kappa shape index (κ1) is 14.6. The molecule has 0 aromatic heterocycles. The molecular formula is C18H22O2. The number of hydrogen-bond acceptors (Lipinski definition) is 2. The lowest BCUT2D eigenvalue weighted by molar-refractivity contribution is 0.213. The Bertz CT molecular complexity index is 575. The second-order valence-corrected chi connectivity index (χ2v) is 4.88. The second-order valence-electron chi connectivity index (χ2n) is 4.88. The molecule has 20 heavy (non-hydrogen) atoms. The van der Waals surface area contributed by atoms with Gasteiger partial charge >= 0.3 is 0 Å². The van der Waals surface area contributed by atoms with Crippen LogP contribution in [0.3, 0.4) is 0 Å². The highest BCUT2D eigenvalue weighted by molar-refractivity contribution is 5.44. The maximum atomic E-state index is 10.8. The number of rotatable bonds is 5. The summed E-state index contributed by atoms with van der Waals surface area (Å²) in [5.74, 6) is 0.726. The highest BCUT2D eigenvalue weighted by Gasteiger charge is 2.17. The molecule has 106 valence electrons. The molecule has 0 spiro atoms. The minimum Gasteiger partial charge on any atom is -0.496 e. The number of hydrogen-bond donors (Lipinski definition) is 1. The highest BCUT2D eigenvalue weighted by Crippen LogP contribution is 2.32. The van der Waals surface area contributed by atoms with Crippen molar-refractivity contribution in [2.45, 2.75) is 32.8 Å². The van der Waals surface area contributed by atoms with Gasteiger partial charge < -0.3 is 9.84 Å². The molecular weight excluding hydrogens is 248 g/mol. The smallest absolute Gasteiger partial charge is 0.125 e. The van der Waals surface area contributed by atoms with E-state index in [0.717, 1.165) is 29.7 Å². The van der Waals surface area contributed by atoms with Crippen molar-refractivity contribution in [2.24, 2.45) is 0 Å². The van der Waals surface area contributed by atoms with E-state index < -0.39 is 6.10 Å². The Morgan fingerprint density at radius 1 is 1.00 bits per heavy atom. The average molecular weight is 270 g/mol. The molecule has 0 aliphatic heterocycles. The van der Waals surface area contributed by atoms with E-state index in [9.17, 15) is 5.11 Å². The van der Waals surface area contributed by atoms with Crippen molar-refractivity contribution >= 4 is 0 Å². The molecule has 0 aliphatic rings. The lowest BCUT2D eigenvalue weighted by atomic mass is 9.93. The quantitative estimate of drug-likeness (QED) is 0.892. The molecule has 2 aromatic carbocycles. The predicted molar refractivity (Wildman–Crippen MR) is 82.3 cm³/mol. The van der Waals surface area contributed by atoms with Gasteiger partial charge in [-0.1, -0.05) is 50.2 Å². The van der Waals surface area contributed by atoms with Crippen LogP contribution < -0.4 is 4.74 Å². The first-order valence-corrected chi connectivity index (χ1v) is 7.13. The van der Waals surface area contributed by atoms with Crippen molar-refractivity contribution in [3.8, 4) is 5.75 Å². The third-order valence-corrected chi connectivity index (χ3v) is 3.73. The molecule has 0 amide bonds. The van der Waals surface area contributed by atoms with Crippen LogP contribution in [0.1, 0.15) is 42.2 Å². The number of aliphatic hydroxyl groups is 1. The van der Waals surface area contributed by atoms with Gasteiger partial charge in [-0.15, -0.1) is 0 Å². The Morgan fingerprint density at radius 3 is 2.40 bits per heavy atom. The highest BCUT2D eigenvalue weighted by atomic mass is 16.5. The normalized spacial score (nSPS) is 12.2. The van der Waals surface area contributed by atoms with Crippen molar-refractivity contribution in [2.75, 3.05) is 7.11 Å². The molecule has 2 heteroatoms. The van der Waals surface area contributed by atoms with Crippen molar-refractivity contribution in [3.63, 3.8) is 0 Å². The van der Waals surface area contributed by atoms with E-state index in [1.54, 1.807) is 7.11 Å². The Labute approximate surface area is 121 Å². The zero-order valence-corrected chi connectivity index (χ0v) is 12.4. The van der Waals surface area contributed by atoms with Gasteiger partial charge in [-0.25, -0.2) is 0 Å². The molecule has 2 rings (SSSR count). The third kappa shape index (κ3) is 2.86. The Kier molecular flexibility index (Phi) is 4.80. The average Bonchev–Trinajstić information content (AvgIpc) is 2.53. The minimum atomic E-state index is -0.646. The fourth-order valence-corrected chi connectivity index (χ4v) is 2.50. The largest absolute Gasteiger partial charge is 0.496 e. The molecule has 1 atom stereocenters. The SMILES string of the molecule is CCc1ccc(CC)c(C(O)c2ccccc2OC)c1. The van der Waals surface area contributed by atoms with Crippen LogP contribution in [-0.4, -0.2) is 12.2 Å². The second kappa shape index (κ2) is 6.58. The summed E-state index contributed by atoms with van der Waals surface area (Å²) in [4.78, 5) is 0. The van der Waals surface area contributed by atoms with Crippen LogP contribution >= 0.6 is 0 Å². The first-order chi connectivity index (χ1) is 9.71. The lowest BCUT2D eigenvalue weighted by Crippen LogP contribution is -2.06. The van der Waals surface area contributed by atoms with Crippen molar-refractivity contribution in [1.82, 2.24) is 0 Å². The molecule has 0 fully saturated rings. The summed E-state index contributed by atoms with van der Waals surface area (Å²) in [6, 6.07) is 14.0. The van der Waals surface area contributed by atoms with E-state index >= 15 is 0 Å². The summed E-state index contributed by atoms with van der Waals surface area (Å²) >= 11 is 0. The molecule has 0 saturated carbocycles. The van der Waals surface area contributed by atoms with Crippen molar-refractivity contribution in [3.05, 3.63) is 64.7 Å². The summed E-state index contributed by atoms with van der Waals surface area (Å²) < 4.78 is 5.36. The van der Waals surface area contributed by atoms with Gasteiger partial charge in [-0.2, -0.15) is 0 Å². The standard InChI is InChI=1S/C18H22O2/c1-4-13-10-11-14(5-2)16(12-13)18(19)15-8-6-7-9-17(15)20-3/h6-12,18-19H,4-5H2,1-3H3. The van der Waals surface area contributed by atoms with Gasteiger partial charge in [0.25, 0.3) is 0 Å². The fourth-order valence-electron chi connectivity index (χ4n) is 2.50. The van der Waals surface area contributed by atoms with Gasteiger partial charge in [0.1, 0.15) is 11.9 Å². The van der Waals surface area contributed by atoms with Gasteiger partial charge in [0, 0.05) is 5.56 Å². The van der Waals surface area contributed by atoms with Gasteiger partial charge in [-0.3, -0.25) is 0 Å². The summed E-state index contributed by atoms with van der Waals surface area (Å²) in [7, 11) is 1.63. The number of para-hydroxylation sites is 1. The molecule has 2 aromatic rings. The van der Waals surface area contributed by atoms with Gasteiger partial charge in [0.15, 0.2) is 0 Å². The van der Waals surface area contributed by atoms with E-state index in [1.807, 2.05) is 24.3 Å². The van der Waals surface area contributed by atoms with Crippen LogP contribution in [0.4, 0.5) is 0 Å². The number of aryl methyl sites for hydroxylation is 2. The molecule has 1 N–H and O–H groups in total. The predicted octanol–water partition coefficient (Wildman–Crippen LogP) is 3.90. The minimum absolute atomic E-state index is 0.646. The van der Waals surface area contributed by atoms with Crippen LogP contribution in [0.15, 0.2) is 42.5 Å². The molecule has 1 unspecified atom stereocenters. The van der Waals surface area contributed by atoms with Gasteiger partial charge in [-0.05, 0) is 35.6 Å². The maximum absolute atomic E-state index is 10.8. The Morgan fingerprint density at radius 2 is 1.75 bits per heavy atom. The summed E-state index contributed by atoms with van der Waals surface area (Å²) in [5, 5.41) is 10.8. The van der Waals surface area contributed by atoms with Gasteiger partial charge in [0.05, 0.1) is 7.11 Å². The number of benzene rings is 2. The van der Waals surface area contributed by atoms with Crippen molar-refractivity contribution in [1.29, 1.82) is 0 Å². The van der Waals surface area contributed by atoms with E-state index in [-0.39, 0.29) is 0 Å². The molecule has 0 aliphatic carbocycles. The van der Waals surface area contributed by atoms with Crippen molar-refractivity contribution < 1.29 is 9.84 Å². The molecule has 2 nitrogen and oxygen atoms in total. The topological polar surface area (TPSA) is 29.5 Å². The monoisotopic (exact) mass is 270 g/mol. The zero-order chi connectivity index (χ0) is 14.5. The van der Waals surface area contributed by atoms with Crippen LogP contribution in [0.2, 0.25) is 0 Å². The van der Waals surface area contributed by atoms with Crippen LogP contribution in [0, 0.1) is 0 Å². The molecule has 0 radical (unpaired) electrons. The third-order valence-electron chi connectivity index (χ3n) is 3.73. The van der Waals surface area contributed by atoms with E-state index in [4.69, 9.17) is 4.74 Å². The number of methoxy groups -OCH3 is 1. The first-order valence-electron chi connectivity index (χ1n) is 7.13. The maximum Gasteiger partial charge on any atom is 0.125 e. The summed E-state index contributed by atoms with van der Waals surface area (Å²) in [6.45, 7) is 4.24. The molecule has 0 saturated heterocycles. The zero-order valence-electron chi connectivity index (χ0n) is 12.4. The van der Waals surface area contributed by atoms with Crippen LogP contribution in [0.5, 0.6) is 5.75 Å². The summed E-state index contributed by atoms with van der Waals surface area (Å²) in [6.07, 6.45) is 1.23. The van der Waals surface area contributed by atoms with E-state index in [2.05, 4.69) is 32.0 Å². The number of aliphatic hydroxyl groups excluding tert-OH is 1. The van der Waals surface area contributed by atoms with Crippen LogP contribution in [-0.2, 0) is 12.8 Å². The lowest BCUT2D eigenvalue weighted by Gasteiger charge is -2.18. The fraction of sp³-hybridized carbons (Fsp3) is 0.333. The van der Waals surface area contributed by atoms with E-state index in [0.29, 0.717) is 0 Å². The van der Waals surface area contributed by atoms with Gasteiger partial charge in [0.2, 0.25) is 0 Å². The Balaban J connectivity index is 2.49. The van der Waals surface area contributed by atoms with Crippen LogP contribution in [0.25, 0.3) is 0 Å². The number of ether oxygens (including phenoxy) is 1. The molecule has 0 bridgehead atoms. The van der Waals surface area contributed by atoms with E-state index in [1.165, 1.54) is 11.1 Å².